The van der Waals surface area contributed by atoms with Crippen LogP contribution < -0.4 is 0 Å². The molecule has 1 radical (unpaired) electrons. The standard InChI is InChI=1S/C21H43/c1-4-7-9-10-11-12-13-14-15-16-17-20-21(18-6-3)19-8-5-2/h21H,3-20H2,1-2H3. The van der Waals surface area contributed by atoms with Crippen LogP contribution in [-0.2, 0) is 0 Å². The summed E-state index contributed by atoms with van der Waals surface area (Å²) in [5.41, 5.74) is 0. The van der Waals surface area contributed by atoms with Crippen LogP contribution in [0.2, 0.25) is 0 Å². The number of rotatable bonds is 17. The number of hydrogen-bond acceptors (Lipinski definition) is 0. The molecular formula is C21H43. The first-order valence-corrected chi connectivity index (χ1v) is 10.1. The summed E-state index contributed by atoms with van der Waals surface area (Å²) >= 11 is 0. The van der Waals surface area contributed by atoms with E-state index in [0.717, 1.165) is 12.3 Å². The van der Waals surface area contributed by atoms with Gasteiger partial charge in [0.05, 0.1) is 0 Å². The molecule has 1 atom stereocenters. The Morgan fingerprint density at radius 2 is 0.952 bits per heavy atom. The van der Waals surface area contributed by atoms with Gasteiger partial charge in [0.25, 0.3) is 0 Å². The molecule has 0 saturated carbocycles. The third-order valence-electron chi connectivity index (χ3n) is 4.79. The lowest BCUT2D eigenvalue weighted by Crippen LogP contribution is -2.00. The molecule has 0 rings (SSSR count). The highest BCUT2D eigenvalue weighted by molar-refractivity contribution is 4.61. The Morgan fingerprint density at radius 1 is 0.524 bits per heavy atom. The quantitative estimate of drug-likeness (QED) is 0.238. The molecule has 1 unspecified atom stereocenters. The maximum Gasteiger partial charge on any atom is -0.0414 e. The zero-order chi connectivity index (χ0) is 15.6. The van der Waals surface area contributed by atoms with Crippen LogP contribution in [0.15, 0.2) is 0 Å². The number of hydrogen-bond donors (Lipinski definition) is 0. The Balaban J connectivity index is 3.25. The topological polar surface area (TPSA) is 0 Å². The summed E-state index contributed by atoms with van der Waals surface area (Å²) in [6, 6.07) is 0. The van der Waals surface area contributed by atoms with E-state index in [0.29, 0.717) is 0 Å². The molecule has 0 aromatic carbocycles. The van der Waals surface area contributed by atoms with Crippen LogP contribution in [0.4, 0.5) is 0 Å². The third kappa shape index (κ3) is 16.2. The average molecular weight is 296 g/mol. The molecule has 0 amide bonds. The van der Waals surface area contributed by atoms with E-state index in [4.69, 9.17) is 0 Å². The highest BCUT2D eigenvalue weighted by Crippen LogP contribution is 2.22. The molecule has 0 aliphatic carbocycles. The van der Waals surface area contributed by atoms with Gasteiger partial charge in [-0.2, -0.15) is 0 Å². The zero-order valence-electron chi connectivity index (χ0n) is 15.3. The molecule has 21 heavy (non-hydrogen) atoms. The normalized spacial score (nSPS) is 12.7. The molecule has 0 aromatic heterocycles. The van der Waals surface area contributed by atoms with Crippen molar-refractivity contribution in [2.24, 2.45) is 5.92 Å². The van der Waals surface area contributed by atoms with Gasteiger partial charge in [0.15, 0.2) is 0 Å². The molecular weight excluding hydrogens is 252 g/mol. The second kappa shape index (κ2) is 18.1. The molecule has 127 valence electrons. The van der Waals surface area contributed by atoms with Crippen molar-refractivity contribution < 1.29 is 0 Å². The molecule has 0 heterocycles. The van der Waals surface area contributed by atoms with Crippen LogP contribution in [0.25, 0.3) is 0 Å². The van der Waals surface area contributed by atoms with Crippen LogP contribution in [-0.4, -0.2) is 0 Å². The Bertz CT molecular complexity index is 173. The van der Waals surface area contributed by atoms with Crippen molar-refractivity contribution in [3.8, 4) is 0 Å². The van der Waals surface area contributed by atoms with E-state index >= 15 is 0 Å². The maximum absolute atomic E-state index is 4.04. The Morgan fingerprint density at radius 3 is 1.43 bits per heavy atom. The minimum Gasteiger partial charge on any atom is -0.0654 e. The second-order valence-corrected chi connectivity index (χ2v) is 6.97. The molecule has 0 saturated heterocycles. The van der Waals surface area contributed by atoms with Crippen molar-refractivity contribution in [1.82, 2.24) is 0 Å². The fraction of sp³-hybridized carbons (Fsp3) is 0.952. The minimum atomic E-state index is 0.973. The van der Waals surface area contributed by atoms with E-state index in [9.17, 15) is 0 Å². The molecule has 0 bridgehead atoms. The van der Waals surface area contributed by atoms with Gasteiger partial charge >= 0.3 is 0 Å². The zero-order valence-corrected chi connectivity index (χ0v) is 15.3. The largest absolute Gasteiger partial charge is 0.0654 e. The Hall–Kier alpha value is 0. The first kappa shape index (κ1) is 21.0. The molecule has 0 heteroatoms. The predicted octanol–water partition coefficient (Wildman–Crippen LogP) is 8.11. The monoisotopic (exact) mass is 295 g/mol. The first-order valence-electron chi connectivity index (χ1n) is 10.1. The Labute approximate surface area is 136 Å². The first-order chi connectivity index (χ1) is 10.3. The summed E-state index contributed by atoms with van der Waals surface area (Å²) in [6.07, 6.45) is 24.2. The smallest absolute Gasteiger partial charge is 0.0414 e. The van der Waals surface area contributed by atoms with Gasteiger partial charge in [0, 0.05) is 0 Å². The average Bonchev–Trinajstić information content (AvgIpc) is 2.50. The van der Waals surface area contributed by atoms with Crippen LogP contribution in [0.1, 0.15) is 123 Å². The van der Waals surface area contributed by atoms with Crippen molar-refractivity contribution in [1.29, 1.82) is 0 Å². The minimum absolute atomic E-state index is 0.973. The molecule has 0 N–H and O–H groups in total. The van der Waals surface area contributed by atoms with E-state index < -0.39 is 0 Å². The van der Waals surface area contributed by atoms with Gasteiger partial charge in [-0.25, -0.2) is 0 Å². The lowest BCUT2D eigenvalue weighted by atomic mass is 9.91. The van der Waals surface area contributed by atoms with Crippen molar-refractivity contribution in [3.05, 3.63) is 6.92 Å². The van der Waals surface area contributed by atoms with Crippen LogP contribution in [0.3, 0.4) is 0 Å². The van der Waals surface area contributed by atoms with E-state index in [1.165, 1.54) is 103 Å². The van der Waals surface area contributed by atoms with Crippen molar-refractivity contribution in [3.63, 3.8) is 0 Å². The van der Waals surface area contributed by atoms with Gasteiger partial charge in [-0.05, 0) is 5.92 Å². The van der Waals surface area contributed by atoms with Gasteiger partial charge < -0.3 is 0 Å². The SMILES string of the molecule is [CH2]CCC(CCCC)CCCCCCCCCCCCC. The summed E-state index contributed by atoms with van der Waals surface area (Å²) in [5.74, 6) is 0.973. The summed E-state index contributed by atoms with van der Waals surface area (Å²) < 4.78 is 0. The molecule has 0 aliphatic heterocycles. The molecule has 0 fully saturated rings. The van der Waals surface area contributed by atoms with Crippen LogP contribution in [0, 0.1) is 12.8 Å². The fourth-order valence-corrected chi connectivity index (χ4v) is 3.31. The summed E-state index contributed by atoms with van der Waals surface area (Å²) in [6.45, 7) is 8.64. The van der Waals surface area contributed by atoms with E-state index in [2.05, 4.69) is 20.8 Å². The highest BCUT2D eigenvalue weighted by atomic mass is 14.1. The summed E-state index contributed by atoms with van der Waals surface area (Å²) in [4.78, 5) is 0. The van der Waals surface area contributed by atoms with Crippen LogP contribution >= 0.6 is 0 Å². The second-order valence-electron chi connectivity index (χ2n) is 6.97. The summed E-state index contributed by atoms with van der Waals surface area (Å²) in [7, 11) is 0. The van der Waals surface area contributed by atoms with Crippen molar-refractivity contribution in [2.45, 2.75) is 123 Å². The van der Waals surface area contributed by atoms with Gasteiger partial charge in [0.1, 0.15) is 0 Å². The summed E-state index contributed by atoms with van der Waals surface area (Å²) in [5, 5.41) is 0. The predicted molar refractivity (Wildman–Crippen MR) is 98.7 cm³/mol. The van der Waals surface area contributed by atoms with E-state index in [1.807, 2.05) is 0 Å². The van der Waals surface area contributed by atoms with Gasteiger partial charge in [-0.1, -0.05) is 130 Å². The Kier molecular flexibility index (Phi) is 18.1. The van der Waals surface area contributed by atoms with Crippen LogP contribution in [0.5, 0.6) is 0 Å². The third-order valence-corrected chi connectivity index (χ3v) is 4.79. The molecule has 0 spiro atoms. The molecule has 0 nitrogen and oxygen atoms in total. The maximum atomic E-state index is 4.04. The fourth-order valence-electron chi connectivity index (χ4n) is 3.31. The van der Waals surface area contributed by atoms with E-state index in [1.54, 1.807) is 0 Å². The highest BCUT2D eigenvalue weighted by Gasteiger charge is 2.06. The van der Waals surface area contributed by atoms with Gasteiger partial charge in [-0.15, -0.1) is 0 Å². The van der Waals surface area contributed by atoms with Crippen molar-refractivity contribution >= 4 is 0 Å². The molecule has 0 aliphatic rings. The van der Waals surface area contributed by atoms with Gasteiger partial charge in [0.2, 0.25) is 0 Å². The molecule has 0 aromatic rings. The lowest BCUT2D eigenvalue weighted by molar-refractivity contribution is 0.388. The number of unbranched alkanes of at least 4 members (excludes halogenated alkanes) is 11. The van der Waals surface area contributed by atoms with Crippen molar-refractivity contribution in [2.75, 3.05) is 0 Å². The van der Waals surface area contributed by atoms with E-state index in [-0.39, 0.29) is 0 Å². The van der Waals surface area contributed by atoms with Gasteiger partial charge in [-0.3, -0.25) is 0 Å². The lowest BCUT2D eigenvalue weighted by Gasteiger charge is -2.15.